The minimum atomic E-state index is -0.0383. The summed E-state index contributed by atoms with van der Waals surface area (Å²) in [5.74, 6) is 1.17. The number of aromatic nitrogens is 2. The third-order valence-electron chi connectivity index (χ3n) is 4.30. The fourth-order valence-electron chi connectivity index (χ4n) is 2.95. The Morgan fingerprint density at radius 1 is 1.30 bits per heavy atom. The maximum Gasteiger partial charge on any atom is 0.230 e. The van der Waals surface area contributed by atoms with E-state index in [1.165, 1.54) is 11.8 Å². The molecule has 1 saturated heterocycles. The molecule has 9 heteroatoms. The molecule has 2 rings (SSSR count). The molecule has 1 atom stereocenters. The van der Waals surface area contributed by atoms with Crippen molar-refractivity contribution in [1.29, 1.82) is 0 Å². The number of halogens is 1. The molecule has 0 saturated carbocycles. The summed E-state index contributed by atoms with van der Waals surface area (Å²) >= 11 is 7.44. The van der Waals surface area contributed by atoms with Crippen molar-refractivity contribution in [1.82, 2.24) is 20.2 Å². The van der Waals surface area contributed by atoms with Crippen molar-refractivity contribution in [2.24, 2.45) is 0 Å². The van der Waals surface area contributed by atoms with E-state index in [0.717, 1.165) is 18.7 Å². The summed E-state index contributed by atoms with van der Waals surface area (Å²) in [7, 11) is 0. The first-order valence-corrected chi connectivity index (χ1v) is 10.8. The van der Waals surface area contributed by atoms with Crippen molar-refractivity contribution in [3.63, 3.8) is 0 Å². The third kappa shape index (κ3) is 6.53. The van der Waals surface area contributed by atoms with Crippen molar-refractivity contribution in [3.05, 3.63) is 11.2 Å². The standard InChI is InChI=1S/C18H28ClN5O2S/c1-4-6-17(26)24-9-8-23(11-13(24)3)15-10-14(19)21-18(22-15)27-12-16(25)20-7-5-2/h10,13H,4-9,11-12H2,1-3H3,(H,20,25). The fraction of sp³-hybridized carbons (Fsp3) is 0.667. The van der Waals surface area contributed by atoms with Gasteiger partial charge in [0.2, 0.25) is 11.8 Å². The average Bonchev–Trinajstić information content (AvgIpc) is 2.64. The lowest BCUT2D eigenvalue weighted by atomic mass is 10.1. The highest BCUT2D eigenvalue weighted by molar-refractivity contribution is 7.99. The van der Waals surface area contributed by atoms with Gasteiger partial charge in [0, 0.05) is 44.7 Å². The Kier molecular flexibility index (Phi) is 8.63. The van der Waals surface area contributed by atoms with Crippen LogP contribution < -0.4 is 10.2 Å². The Morgan fingerprint density at radius 3 is 2.74 bits per heavy atom. The predicted molar refractivity (Wildman–Crippen MR) is 109 cm³/mol. The number of nitrogens with zero attached hydrogens (tertiary/aromatic N) is 4. The lowest BCUT2D eigenvalue weighted by molar-refractivity contribution is -0.133. The molecule has 1 N–H and O–H groups in total. The molecule has 1 fully saturated rings. The SMILES string of the molecule is CCCNC(=O)CSc1nc(Cl)cc(N2CCN(C(=O)CCC)C(C)C2)n1. The van der Waals surface area contributed by atoms with Crippen LogP contribution in [0.5, 0.6) is 0 Å². The van der Waals surface area contributed by atoms with Gasteiger partial charge < -0.3 is 15.1 Å². The first kappa shape index (κ1) is 21.8. The van der Waals surface area contributed by atoms with Gasteiger partial charge in [-0.2, -0.15) is 0 Å². The molecule has 7 nitrogen and oxygen atoms in total. The second kappa shape index (κ2) is 10.7. The molecular formula is C18H28ClN5O2S. The van der Waals surface area contributed by atoms with Crippen molar-refractivity contribution >= 4 is 41.0 Å². The molecule has 150 valence electrons. The molecule has 1 aromatic rings. The molecule has 1 aliphatic rings. The number of nitrogens with one attached hydrogen (secondary N) is 1. The van der Waals surface area contributed by atoms with Crippen LogP contribution in [0.25, 0.3) is 0 Å². The van der Waals surface area contributed by atoms with E-state index in [0.29, 0.717) is 42.9 Å². The second-order valence-corrected chi connectivity index (χ2v) is 7.93. The molecule has 0 radical (unpaired) electrons. The minimum absolute atomic E-state index is 0.0383. The quantitative estimate of drug-likeness (QED) is 0.401. The van der Waals surface area contributed by atoms with Gasteiger partial charge in [-0.3, -0.25) is 9.59 Å². The number of amides is 2. The van der Waals surface area contributed by atoms with Crippen molar-refractivity contribution in [2.75, 3.05) is 36.8 Å². The Balaban J connectivity index is 1.99. The van der Waals surface area contributed by atoms with Gasteiger partial charge in [0.05, 0.1) is 5.75 Å². The molecule has 2 amide bonds. The van der Waals surface area contributed by atoms with Gasteiger partial charge in [-0.1, -0.05) is 37.2 Å². The van der Waals surface area contributed by atoms with Crippen LogP contribution in [0, 0.1) is 0 Å². The maximum atomic E-state index is 12.2. The molecule has 0 aromatic carbocycles. The van der Waals surface area contributed by atoms with Crippen LogP contribution in [-0.4, -0.2) is 64.7 Å². The summed E-state index contributed by atoms with van der Waals surface area (Å²) in [6, 6.07) is 1.85. The van der Waals surface area contributed by atoms with E-state index in [1.54, 1.807) is 6.07 Å². The summed E-state index contributed by atoms with van der Waals surface area (Å²) in [6.07, 6.45) is 2.35. The van der Waals surface area contributed by atoms with Crippen LogP contribution in [-0.2, 0) is 9.59 Å². The zero-order chi connectivity index (χ0) is 19.8. The third-order valence-corrected chi connectivity index (χ3v) is 5.34. The molecule has 2 heterocycles. The lowest BCUT2D eigenvalue weighted by Crippen LogP contribution is -2.54. The highest BCUT2D eigenvalue weighted by Gasteiger charge is 2.28. The number of rotatable bonds is 8. The molecule has 27 heavy (non-hydrogen) atoms. The van der Waals surface area contributed by atoms with Crippen LogP contribution in [0.1, 0.15) is 40.0 Å². The zero-order valence-electron chi connectivity index (χ0n) is 16.2. The Morgan fingerprint density at radius 2 is 2.07 bits per heavy atom. The predicted octanol–water partition coefficient (Wildman–Crippen LogP) is 2.59. The van der Waals surface area contributed by atoms with Gasteiger partial charge in [-0.25, -0.2) is 9.97 Å². The number of carbonyl (C=O) groups excluding carboxylic acids is 2. The second-order valence-electron chi connectivity index (χ2n) is 6.60. The van der Waals surface area contributed by atoms with Gasteiger partial charge in [0.1, 0.15) is 11.0 Å². The Bertz CT molecular complexity index is 661. The van der Waals surface area contributed by atoms with Crippen LogP contribution >= 0.6 is 23.4 Å². The van der Waals surface area contributed by atoms with Crippen molar-refractivity contribution < 1.29 is 9.59 Å². The van der Waals surface area contributed by atoms with E-state index < -0.39 is 0 Å². The largest absolute Gasteiger partial charge is 0.355 e. The smallest absolute Gasteiger partial charge is 0.230 e. The van der Waals surface area contributed by atoms with Gasteiger partial charge in [-0.15, -0.1) is 0 Å². The number of thioether (sulfide) groups is 1. The number of piperazine rings is 1. The van der Waals surface area contributed by atoms with Crippen molar-refractivity contribution in [3.8, 4) is 0 Å². The Hall–Kier alpha value is -1.54. The van der Waals surface area contributed by atoms with E-state index >= 15 is 0 Å². The van der Waals surface area contributed by atoms with E-state index in [4.69, 9.17) is 11.6 Å². The van der Waals surface area contributed by atoms with E-state index in [2.05, 4.69) is 27.1 Å². The highest BCUT2D eigenvalue weighted by atomic mass is 35.5. The number of hydrogen-bond donors (Lipinski definition) is 1. The fourth-order valence-corrected chi connectivity index (χ4v) is 3.86. The molecule has 1 aromatic heterocycles. The number of anilines is 1. The number of hydrogen-bond acceptors (Lipinski definition) is 6. The normalized spacial score (nSPS) is 17.1. The molecule has 0 bridgehead atoms. The summed E-state index contributed by atoms with van der Waals surface area (Å²) in [6.45, 7) is 8.82. The number of carbonyl (C=O) groups is 2. The van der Waals surface area contributed by atoms with Gasteiger partial charge in [-0.05, 0) is 19.8 Å². The summed E-state index contributed by atoms with van der Waals surface area (Å²) < 4.78 is 0. The molecule has 1 unspecified atom stereocenters. The zero-order valence-corrected chi connectivity index (χ0v) is 17.8. The minimum Gasteiger partial charge on any atom is -0.355 e. The summed E-state index contributed by atoms with van der Waals surface area (Å²) in [5.41, 5.74) is 0. The van der Waals surface area contributed by atoms with Crippen LogP contribution in [0.3, 0.4) is 0 Å². The van der Waals surface area contributed by atoms with E-state index in [-0.39, 0.29) is 23.6 Å². The lowest BCUT2D eigenvalue weighted by Gasteiger charge is -2.40. The van der Waals surface area contributed by atoms with Gasteiger partial charge >= 0.3 is 0 Å². The van der Waals surface area contributed by atoms with Crippen LogP contribution in [0.4, 0.5) is 5.82 Å². The first-order valence-electron chi connectivity index (χ1n) is 9.43. The van der Waals surface area contributed by atoms with Gasteiger partial charge in [0.25, 0.3) is 0 Å². The van der Waals surface area contributed by atoms with E-state index in [1.807, 2.05) is 18.7 Å². The molecular weight excluding hydrogens is 386 g/mol. The molecule has 1 aliphatic heterocycles. The van der Waals surface area contributed by atoms with Crippen LogP contribution in [0.2, 0.25) is 5.15 Å². The van der Waals surface area contributed by atoms with E-state index in [9.17, 15) is 9.59 Å². The summed E-state index contributed by atoms with van der Waals surface area (Å²) in [4.78, 5) is 36.8. The maximum absolute atomic E-state index is 12.2. The van der Waals surface area contributed by atoms with Crippen molar-refractivity contribution in [2.45, 2.75) is 51.2 Å². The molecule has 0 aliphatic carbocycles. The monoisotopic (exact) mass is 413 g/mol. The Labute approximate surface area is 170 Å². The topological polar surface area (TPSA) is 78.4 Å². The summed E-state index contributed by atoms with van der Waals surface area (Å²) in [5, 5.41) is 3.67. The highest BCUT2D eigenvalue weighted by Crippen LogP contribution is 2.24. The van der Waals surface area contributed by atoms with Crippen LogP contribution in [0.15, 0.2) is 11.2 Å². The first-order chi connectivity index (χ1) is 12.9. The van der Waals surface area contributed by atoms with Gasteiger partial charge in [0.15, 0.2) is 5.16 Å². The molecule has 0 spiro atoms. The average molecular weight is 414 g/mol.